The van der Waals surface area contributed by atoms with E-state index in [4.69, 9.17) is 4.74 Å². The van der Waals surface area contributed by atoms with Crippen molar-refractivity contribution < 1.29 is 9.84 Å². The predicted octanol–water partition coefficient (Wildman–Crippen LogP) is 2.37. The van der Waals surface area contributed by atoms with E-state index < -0.39 is 0 Å². The summed E-state index contributed by atoms with van der Waals surface area (Å²) in [5, 5.41) is 9.47. The second-order valence-corrected chi connectivity index (χ2v) is 3.80. The molecule has 0 aromatic rings. The summed E-state index contributed by atoms with van der Waals surface area (Å²) in [4.78, 5) is 0. The highest BCUT2D eigenvalue weighted by atomic mass is 16.5. The monoisotopic (exact) mass is 186 g/mol. The van der Waals surface area contributed by atoms with Gasteiger partial charge in [0.1, 0.15) is 0 Å². The Morgan fingerprint density at radius 2 is 1.69 bits per heavy atom. The van der Waals surface area contributed by atoms with Crippen molar-refractivity contribution in [1.29, 1.82) is 0 Å². The Morgan fingerprint density at radius 1 is 1.15 bits per heavy atom. The molecule has 0 radical (unpaired) electrons. The standard InChI is InChI=1S/C11H22O2/c1-9(2)11(12)8-6-5-7-10(3)13-4/h5-6,9-12H,7-8H2,1-4H3/b6-5-/t10-,11-/m1/s1. The van der Waals surface area contributed by atoms with Gasteiger partial charge in [-0.15, -0.1) is 0 Å². The van der Waals surface area contributed by atoms with Crippen LogP contribution in [0, 0.1) is 5.92 Å². The second-order valence-electron chi connectivity index (χ2n) is 3.80. The quantitative estimate of drug-likeness (QED) is 0.645. The molecule has 0 aliphatic carbocycles. The van der Waals surface area contributed by atoms with Crippen LogP contribution in [0.2, 0.25) is 0 Å². The lowest BCUT2D eigenvalue weighted by molar-refractivity contribution is 0.119. The van der Waals surface area contributed by atoms with Crippen molar-refractivity contribution in [1.82, 2.24) is 0 Å². The first-order chi connectivity index (χ1) is 6.07. The van der Waals surface area contributed by atoms with Crippen LogP contribution in [0.5, 0.6) is 0 Å². The molecule has 0 unspecified atom stereocenters. The van der Waals surface area contributed by atoms with Crippen LogP contribution >= 0.6 is 0 Å². The van der Waals surface area contributed by atoms with Crippen molar-refractivity contribution in [3.63, 3.8) is 0 Å². The molecule has 2 atom stereocenters. The predicted molar refractivity (Wildman–Crippen MR) is 55.7 cm³/mol. The molecule has 0 aliphatic rings. The summed E-state index contributed by atoms with van der Waals surface area (Å²) in [6.45, 7) is 6.08. The Kier molecular flexibility index (Phi) is 6.92. The van der Waals surface area contributed by atoms with Gasteiger partial charge in [0.05, 0.1) is 12.2 Å². The van der Waals surface area contributed by atoms with E-state index in [9.17, 15) is 5.11 Å². The third kappa shape index (κ3) is 6.79. The molecule has 2 nitrogen and oxygen atoms in total. The Balaban J connectivity index is 3.51. The molecule has 78 valence electrons. The van der Waals surface area contributed by atoms with Crippen LogP contribution in [0.4, 0.5) is 0 Å². The molecule has 0 bridgehead atoms. The van der Waals surface area contributed by atoms with Gasteiger partial charge in [-0.1, -0.05) is 26.0 Å². The van der Waals surface area contributed by atoms with Gasteiger partial charge < -0.3 is 9.84 Å². The molecule has 13 heavy (non-hydrogen) atoms. The fraction of sp³-hybridized carbons (Fsp3) is 0.818. The molecule has 1 N–H and O–H groups in total. The lowest BCUT2D eigenvalue weighted by Crippen LogP contribution is -2.12. The number of aliphatic hydroxyl groups excluding tert-OH is 1. The maximum Gasteiger partial charge on any atom is 0.0597 e. The molecule has 0 saturated carbocycles. The Morgan fingerprint density at radius 3 is 2.15 bits per heavy atom. The number of methoxy groups -OCH3 is 1. The van der Waals surface area contributed by atoms with Crippen LogP contribution in [0.3, 0.4) is 0 Å². The van der Waals surface area contributed by atoms with Crippen molar-refractivity contribution in [3.05, 3.63) is 12.2 Å². The highest BCUT2D eigenvalue weighted by Crippen LogP contribution is 2.06. The number of hydrogen-bond donors (Lipinski definition) is 1. The van der Waals surface area contributed by atoms with Crippen LogP contribution in [-0.2, 0) is 4.74 Å². The van der Waals surface area contributed by atoms with Crippen LogP contribution in [-0.4, -0.2) is 24.4 Å². The molecule has 0 aromatic carbocycles. The number of aliphatic hydroxyl groups is 1. The van der Waals surface area contributed by atoms with Crippen LogP contribution < -0.4 is 0 Å². The summed E-state index contributed by atoms with van der Waals surface area (Å²) in [5.41, 5.74) is 0. The van der Waals surface area contributed by atoms with E-state index in [1.54, 1.807) is 7.11 Å². The summed E-state index contributed by atoms with van der Waals surface area (Å²) in [6, 6.07) is 0. The van der Waals surface area contributed by atoms with Gasteiger partial charge in [0, 0.05) is 7.11 Å². The van der Waals surface area contributed by atoms with Crippen LogP contribution in [0.25, 0.3) is 0 Å². The van der Waals surface area contributed by atoms with Gasteiger partial charge >= 0.3 is 0 Å². The largest absolute Gasteiger partial charge is 0.393 e. The van der Waals surface area contributed by atoms with Crippen molar-refractivity contribution in [2.45, 2.75) is 45.8 Å². The zero-order valence-electron chi connectivity index (χ0n) is 9.16. The van der Waals surface area contributed by atoms with E-state index in [-0.39, 0.29) is 12.2 Å². The van der Waals surface area contributed by atoms with Crippen molar-refractivity contribution in [2.24, 2.45) is 5.92 Å². The number of ether oxygens (including phenoxy) is 1. The first-order valence-electron chi connectivity index (χ1n) is 4.93. The zero-order chi connectivity index (χ0) is 10.3. The van der Waals surface area contributed by atoms with Gasteiger partial charge in [0.15, 0.2) is 0 Å². The van der Waals surface area contributed by atoms with Crippen molar-refractivity contribution in [2.75, 3.05) is 7.11 Å². The smallest absolute Gasteiger partial charge is 0.0597 e. The topological polar surface area (TPSA) is 29.5 Å². The van der Waals surface area contributed by atoms with E-state index in [1.807, 2.05) is 26.8 Å². The van der Waals surface area contributed by atoms with E-state index in [1.165, 1.54) is 0 Å². The molecular formula is C11H22O2. The van der Waals surface area contributed by atoms with E-state index in [0.717, 1.165) is 12.8 Å². The fourth-order valence-corrected chi connectivity index (χ4v) is 0.892. The van der Waals surface area contributed by atoms with Crippen LogP contribution in [0.15, 0.2) is 12.2 Å². The molecule has 0 spiro atoms. The summed E-state index contributed by atoms with van der Waals surface area (Å²) in [6.07, 6.45) is 5.82. The average molecular weight is 186 g/mol. The first kappa shape index (κ1) is 12.7. The number of rotatable bonds is 6. The minimum atomic E-state index is -0.214. The van der Waals surface area contributed by atoms with Crippen LogP contribution in [0.1, 0.15) is 33.6 Å². The lowest BCUT2D eigenvalue weighted by atomic mass is 10.0. The number of hydrogen-bond acceptors (Lipinski definition) is 2. The third-order valence-corrected chi connectivity index (χ3v) is 2.18. The third-order valence-electron chi connectivity index (χ3n) is 2.18. The van der Waals surface area contributed by atoms with Gasteiger partial charge in [0.25, 0.3) is 0 Å². The molecule has 0 aliphatic heterocycles. The summed E-state index contributed by atoms with van der Waals surface area (Å²) in [7, 11) is 1.71. The highest BCUT2D eigenvalue weighted by molar-refractivity contribution is 4.86. The molecule has 2 heteroatoms. The van der Waals surface area contributed by atoms with E-state index >= 15 is 0 Å². The zero-order valence-corrected chi connectivity index (χ0v) is 9.16. The first-order valence-corrected chi connectivity index (χ1v) is 4.93. The second kappa shape index (κ2) is 7.10. The maximum atomic E-state index is 9.47. The van der Waals surface area contributed by atoms with Gasteiger partial charge in [-0.25, -0.2) is 0 Å². The van der Waals surface area contributed by atoms with Gasteiger partial charge in [0.2, 0.25) is 0 Å². The lowest BCUT2D eigenvalue weighted by Gasteiger charge is -2.11. The minimum Gasteiger partial charge on any atom is -0.393 e. The molecule has 0 saturated heterocycles. The Labute approximate surface area is 81.6 Å². The fourth-order valence-electron chi connectivity index (χ4n) is 0.892. The summed E-state index contributed by atoms with van der Waals surface area (Å²) < 4.78 is 5.09. The van der Waals surface area contributed by atoms with Gasteiger partial charge in [-0.3, -0.25) is 0 Å². The Bertz CT molecular complexity index is 141. The highest BCUT2D eigenvalue weighted by Gasteiger charge is 2.05. The molecule has 0 fully saturated rings. The molecule has 0 aromatic heterocycles. The average Bonchev–Trinajstić information content (AvgIpc) is 2.11. The van der Waals surface area contributed by atoms with Crippen molar-refractivity contribution in [3.8, 4) is 0 Å². The van der Waals surface area contributed by atoms with E-state index in [2.05, 4.69) is 6.08 Å². The van der Waals surface area contributed by atoms with Crippen molar-refractivity contribution >= 4 is 0 Å². The van der Waals surface area contributed by atoms with Gasteiger partial charge in [-0.2, -0.15) is 0 Å². The summed E-state index contributed by atoms with van der Waals surface area (Å²) in [5.74, 6) is 0.337. The normalized spacial score (nSPS) is 16.8. The molecule has 0 heterocycles. The maximum absolute atomic E-state index is 9.47. The summed E-state index contributed by atoms with van der Waals surface area (Å²) >= 11 is 0. The molecule has 0 rings (SSSR count). The van der Waals surface area contributed by atoms with Gasteiger partial charge in [-0.05, 0) is 25.7 Å². The SMILES string of the molecule is CO[C@H](C)C/C=C\C[C@@H](O)C(C)C. The minimum absolute atomic E-state index is 0.214. The molecule has 0 amide bonds. The molecular weight excluding hydrogens is 164 g/mol. The van der Waals surface area contributed by atoms with E-state index in [0.29, 0.717) is 5.92 Å². The Hall–Kier alpha value is -0.340.